The third kappa shape index (κ3) is 2.79. The van der Waals surface area contributed by atoms with Crippen molar-refractivity contribution < 1.29 is 24.6 Å². The van der Waals surface area contributed by atoms with Crippen LogP contribution in [0.3, 0.4) is 0 Å². The molecule has 5 heteroatoms. The summed E-state index contributed by atoms with van der Waals surface area (Å²) in [6, 6.07) is 6.91. The monoisotopic (exact) mass is 462 g/mol. The molecule has 0 aromatic heterocycles. The van der Waals surface area contributed by atoms with Crippen LogP contribution < -0.4 is 0 Å². The number of benzene rings is 1. The summed E-state index contributed by atoms with van der Waals surface area (Å²) in [5, 5.41) is 21.7. The Hall–Kier alpha value is -2.53. The van der Waals surface area contributed by atoms with Gasteiger partial charge in [0, 0.05) is 11.3 Å². The number of fused-ring (bicyclic) bond motifs is 5. The molecule has 180 valence electrons. The number of aromatic carboxylic acids is 1. The van der Waals surface area contributed by atoms with Crippen LogP contribution in [0.4, 0.5) is 0 Å². The Bertz CT molecular complexity index is 1150. The Morgan fingerprint density at radius 2 is 1.85 bits per heavy atom. The second-order valence-electron chi connectivity index (χ2n) is 11.6. The molecule has 0 spiro atoms. The van der Waals surface area contributed by atoms with E-state index in [0.717, 1.165) is 18.4 Å². The average molecular weight is 463 g/mol. The molecular weight excluding hydrogens is 428 g/mol. The zero-order chi connectivity index (χ0) is 24.6. The van der Waals surface area contributed by atoms with Crippen LogP contribution in [-0.4, -0.2) is 33.9 Å². The number of hydrogen-bond acceptors (Lipinski definition) is 4. The van der Waals surface area contributed by atoms with Crippen LogP contribution in [0.25, 0.3) is 0 Å². The highest BCUT2D eigenvalue weighted by Gasteiger charge is 2.69. The van der Waals surface area contributed by atoms with Crippen molar-refractivity contribution in [1.29, 1.82) is 0 Å². The number of hydrogen-bond donors (Lipinski definition) is 2. The molecule has 0 radical (unpaired) electrons. The molecule has 2 N–H and O–H groups in total. The van der Waals surface area contributed by atoms with E-state index in [1.54, 1.807) is 37.3 Å². The van der Waals surface area contributed by atoms with Gasteiger partial charge in [-0.15, -0.1) is 0 Å². The average Bonchev–Trinajstić information content (AvgIpc) is 3.08. The maximum Gasteiger partial charge on any atom is 0.335 e. The summed E-state index contributed by atoms with van der Waals surface area (Å²) >= 11 is 0. The van der Waals surface area contributed by atoms with Crippen LogP contribution in [0.15, 0.2) is 48.1 Å². The van der Waals surface area contributed by atoms with E-state index in [4.69, 9.17) is 0 Å². The highest BCUT2D eigenvalue weighted by Crippen LogP contribution is 2.70. The summed E-state index contributed by atoms with van der Waals surface area (Å²) in [7, 11) is 0. The number of aliphatic hydroxyl groups is 1. The van der Waals surface area contributed by atoms with Crippen molar-refractivity contribution in [3.63, 3.8) is 0 Å². The molecule has 0 aliphatic heterocycles. The molecule has 0 bridgehead atoms. The van der Waals surface area contributed by atoms with E-state index in [9.17, 15) is 24.6 Å². The van der Waals surface area contributed by atoms with Crippen molar-refractivity contribution in [3.8, 4) is 0 Å². The lowest BCUT2D eigenvalue weighted by Crippen LogP contribution is -2.61. The number of carbonyl (C=O) groups excluding carboxylic acids is 2. The molecule has 3 saturated carbocycles. The zero-order valence-corrected chi connectivity index (χ0v) is 20.4. The first-order valence-electron chi connectivity index (χ1n) is 12.4. The predicted molar refractivity (Wildman–Crippen MR) is 128 cm³/mol. The van der Waals surface area contributed by atoms with Crippen molar-refractivity contribution in [3.05, 3.63) is 59.2 Å². The molecule has 4 aliphatic rings. The number of carbonyl (C=O) groups is 3. The normalized spacial score (nSPS) is 42.9. The number of carboxylic acid groups (broad SMARTS) is 1. The highest BCUT2D eigenvalue weighted by atomic mass is 16.4. The Labute approximate surface area is 200 Å². The van der Waals surface area contributed by atoms with Gasteiger partial charge >= 0.3 is 5.97 Å². The summed E-state index contributed by atoms with van der Waals surface area (Å²) in [5.74, 6) is -0.503. The van der Waals surface area contributed by atoms with Crippen molar-refractivity contribution in [2.75, 3.05) is 0 Å². The summed E-state index contributed by atoms with van der Waals surface area (Å²) in [4.78, 5) is 37.9. The topological polar surface area (TPSA) is 91.7 Å². The van der Waals surface area contributed by atoms with Crippen LogP contribution in [0, 0.1) is 34.5 Å². The van der Waals surface area contributed by atoms with E-state index < -0.39 is 28.3 Å². The standard InChI is InChI=1S/C29H34O5/c1-16-13-20-21-10-12-29(17(2)30,22-8-6-5-7-19(22)26(33)34)28(21,4)15-24(32)25(20)27(3)11-9-18(31)14-23(16)27/h5-9,11,14,16,20-21,24-25,32H,10,12-13,15H2,1-4H3,(H,33,34)/t16-,20-,21-,24-,25+,27-,28-,29+/m0/s1. The molecule has 3 fully saturated rings. The lowest BCUT2D eigenvalue weighted by Gasteiger charge is -2.61. The van der Waals surface area contributed by atoms with Crippen LogP contribution in [0.5, 0.6) is 0 Å². The molecule has 0 unspecified atom stereocenters. The molecule has 5 rings (SSSR count). The minimum absolute atomic E-state index is 0.00894. The third-order valence-corrected chi connectivity index (χ3v) is 10.2. The molecular formula is C29H34O5. The fraction of sp³-hybridized carbons (Fsp3) is 0.552. The molecule has 0 heterocycles. The minimum Gasteiger partial charge on any atom is -0.478 e. The van der Waals surface area contributed by atoms with Gasteiger partial charge in [-0.1, -0.05) is 50.6 Å². The lowest BCUT2D eigenvalue weighted by atomic mass is 9.43. The Morgan fingerprint density at radius 3 is 2.53 bits per heavy atom. The van der Waals surface area contributed by atoms with Gasteiger partial charge in [0.1, 0.15) is 5.78 Å². The number of ketones is 2. The fourth-order valence-corrected chi connectivity index (χ4v) is 9.03. The number of aliphatic hydroxyl groups excluding tert-OH is 1. The van der Waals surface area contributed by atoms with Gasteiger partial charge in [0.25, 0.3) is 0 Å². The van der Waals surface area contributed by atoms with Gasteiger partial charge < -0.3 is 10.2 Å². The molecule has 0 amide bonds. The van der Waals surface area contributed by atoms with Gasteiger partial charge in [-0.25, -0.2) is 4.79 Å². The predicted octanol–water partition coefficient (Wildman–Crippen LogP) is 4.74. The van der Waals surface area contributed by atoms with Crippen LogP contribution in [0.2, 0.25) is 0 Å². The Morgan fingerprint density at radius 1 is 1.15 bits per heavy atom. The molecule has 1 aromatic carbocycles. The van der Waals surface area contributed by atoms with Crippen molar-refractivity contribution in [1.82, 2.24) is 0 Å². The SMILES string of the molecule is CC(=O)[C@@]1(c2ccccc2C(=O)O)CC[C@H]2[C@@H]3C[C@H](C)C4=CC(=O)C=C[C@]4(C)[C@H]3[C@@H](O)C[C@@]21C. The first-order chi connectivity index (χ1) is 16.0. The van der Waals surface area contributed by atoms with Crippen molar-refractivity contribution in [2.24, 2.45) is 34.5 Å². The lowest BCUT2D eigenvalue weighted by molar-refractivity contribution is -0.144. The van der Waals surface area contributed by atoms with E-state index in [-0.39, 0.29) is 40.8 Å². The van der Waals surface area contributed by atoms with Gasteiger partial charge in [-0.2, -0.15) is 0 Å². The van der Waals surface area contributed by atoms with E-state index in [1.807, 2.05) is 12.1 Å². The smallest absolute Gasteiger partial charge is 0.335 e. The quantitative estimate of drug-likeness (QED) is 0.677. The molecule has 1 aromatic rings. The van der Waals surface area contributed by atoms with Gasteiger partial charge in [-0.05, 0) is 79.6 Å². The maximum absolute atomic E-state index is 13.5. The second-order valence-corrected chi connectivity index (χ2v) is 11.6. The minimum atomic E-state index is -1.02. The van der Waals surface area contributed by atoms with Crippen molar-refractivity contribution in [2.45, 2.75) is 64.9 Å². The number of allylic oxidation sites excluding steroid dienone is 4. The second kappa shape index (κ2) is 7.48. The molecule has 0 saturated heterocycles. The molecule has 8 atom stereocenters. The highest BCUT2D eigenvalue weighted by molar-refractivity contribution is 6.01. The van der Waals surface area contributed by atoms with Gasteiger partial charge in [0.15, 0.2) is 5.78 Å². The van der Waals surface area contributed by atoms with Gasteiger partial charge in [-0.3, -0.25) is 9.59 Å². The first-order valence-corrected chi connectivity index (χ1v) is 12.4. The van der Waals surface area contributed by atoms with Gasteiger partial charge in [0.05, 0.1) is 17.1 Å². The molecule has 4 aliphatic carbocycles. The summed E-state index contributed by atoms with van der Waals surface area (Å²) in [6.45, 7) is 8.01. The largest absolute Gasteiger partial charge is 0.478 e. The van der Waals surface area contributed by atoms with E-state index >= 15 is 0 Å². The van der Waals surface area contributed by atoms with Gasteiger partial charge in [0.2, 0.25) is 0 Å². The fourth-order valence-electron chi connectivity index (χ4n) is 9.03. The summed E-state index contributed by atoms with van der Waals surface area (Å²) < 4.78 is 0. The number of carboxylic acids is 1. The van der Waals surface area contributed by atoms with Crippen LogP contribution in [-0.2, 0) is 15.0 Å². The number of rotatable bonds is 3. The van der Waals surface area contributed by atoms with Crippen molar-refractivity contribution >= 4 is 17.5 Å². The first kappa shape index (κ1) is 23.2. The molecule has 5 nitrogen and oxygen atoms in total. The summed E-state index contributed by atoms with van der Waals surface area (Å²) in [5.41, 5.74) is -0.0231. The summed E-state index contributed by atoms with van der Waals surface area (Å²) in [6.07, 6.45) is 7.45. The Balaban J connectivity index is 1.66. The zero-order valence-electron chi connectivity index (χ0n) is 20.4. The van der Waals surface area contributed by atoms with E-state index in [0.29, 0.717) is 18.4 Å². The Kier molecular flexibility index (Phi) is 5.11. The molecule has 34 heavy (non-hydrogen) atoms. The maximum atomic E-state index is 13.5. The van der Waals surface area contributed by atoms with E-state index in [2.05, 4.69) is 20.8 Å². The van der Waals surface area contributed by atoms with Crippen LogP contribution >= 0.6 is 0 Å². The third-order valence-electron chi connectivity index (χ3n) is 10.2. The van der Waals surface area contributed by atoms with E-state index in [1.165, 1.54) is 0 Å². The number of Topliss-reactive ketones (excluding diaryl/α,β-unsaturated/α-hetero) is 1. The van der Waals surface area contributed by atoms with Crippen LogP contribution in [0.1, 0.15) is 69.3 Å².